The largest absolute Gasteiger partial charge is 0.316 e. The molecule has 0 aliphatic heterocycles. The molecule has 0 unspecified atom stereocenters. The van der Waals surface area contributed by atoms with Crippen molar-refractivity contribution in [3.8, 4) is 11.3 Å². The molecular weight excluding hydrogens is 278 g/mol. The van der Waals surface area contributed by atoms with Gasteiger partial charge in [0, 0.05) is 5.56 Å². The molecule has 0 fully saturated rings. The molecule has 1 aromatic heterocycles. The zero-order valence-electron chi connectivity index (χ0n) is 11.4. The highest BCUT2D eigenvalue weighted by molar-refractivity contribution is 6.28. The van der Waals surface area contributed by atoms with Crippen LogP contribution in [0.5, 0.6) is 0 Å². The lowest BCUT2D eigenvalue weighted by Gasteiger charge is -2.08. The molecule has 2 rings (SSSR count). The minimum Gasteiger partial charge on any atom is -0.258 e. The van der Waals surface area contributed by atoms with Crippen LogP contribution in [0.1, 0.15) is 31.0 Å². The van der Waals surface area contributed by atoms with Gasteiger partial charge in [-0.3, -0.25) is 10.1 Å². The van der Waals surface area contributed by atoms with Crippen LogP contribution in [0.3, 0.4) is 0 Å². The topological polar surface area (TPSA) is 68.9 Å². The number of aryl methyl sites for hydroxylation is 1. The molecule has 0 saturated carbocycles. The van der Waals surface area contributed by atoms with E-state index in [2.05, 4.69) is 23.8 Å². The highest BCUT2D eigenvalue weighted by Crippen LogP contribution is 2.31. The van der Waals surface area contributed by atoms with Crippen molar-refractivity contribution in [1.29, 1.82) is 0 Å². The van der Waals surface area contributed by atoms with Crippen molar-refractivity contribution in [2.75, 3.05) is 0 Å². The van der Waals surface area contributed by atoms with Crippen LogP contribution in [0, 0.1) is 17.0 Å². The van der Waals surface area contributed by atoms with Gasteiger partial charge >= 0.3 is 5.69 Å². The van der Waals surface area contributed by atoms with Crippen LogP contribution in [0.4, 0.5) is 5.69 Å². The van der Waals surface area contributed by atoms with Crippen molar-refractivity contribution in [2.45, 2.75) is 26.7 Å². The molecule has 0 amide bonds. The van der Waals surface area contributed by atoms with Gasteiger partial charge in [-0.15, -0.1) is 0 Å². The summed E-state index contributed by atoms with van der Waals surface area (Å²) in [7, 11) is 0. The lowest BCUT2D eigenvalue weighted by molar-refractivity contribution is -0.385. The quantitative estimate of drug-likeness (QED) is 0.484. The third-order valence-corrected chi connectivity index (χ3v) is 3.23. The van der Waals surface area contributed by atoms with Gasteiger partial charge in [-0.25, -0.2) is 9.97 Å². The van der Waals surface area contributed by atoms with Gasteiger partial charge in [0.1, 0.15) is 5.69 Å². The van der Waals surface area contributed by atoms with Gasteiger partial charge in [0.15, 0.2) is 5.69 Å². The first-order chi connectivity index (χ1) is 9.40. The average molecular weight is 292 g/mol. The van der Waals surface area contributed by atoms with E-state index >= 15 is 0 Å². The number of hydrogen-bond donors (Lipinski definition) is 0. The summed E-state index contributed by atoms with van der Waals surface area (Å²) in [6.45, 7) is 5.73. The number of nitro groups is 1. The molecule has 0 spiro atoms. The Labute approximate surface area is 121 Å². The van der Waals surface area contributed by atoms with E-state index in [0.717, 1.165) is 5.56 Å². The third-order valence-electron chi connectivity index (χ3n) is 3.06. The molecule has 0 aliphatic rings. The fourth-order valence-electron chi connectivity index (χ4n) is 1.98. The van der Waals surface area contributed by atoms with Crippen molar-refractivity contribution >= 4 is 17.3 Å². The molecule has 0 bridgehead atoms. The van der Waals surface area contributed by atoms with E-state index < -0.39 is 4.92 Å². The fraction of sp³-hybridized carbons (Fsp3) is 0.286. The Morgan fingerprint density at radius 2 is 1.80 bits per heavy atom. The first-order valence-corrected chi connectivity index (χ1v) is 6.56. The summed E-state index contributed by atoms with van der Waals surface area (Å²) in [6, 6.07) is 7.52. The van der Waals surface area contributed by atoms with E-state index in [-0.39, 0.29) is 22.4 Å². The van der Waals surface area contributed by atoms with Gasteiger partial charge in [0.25, 0.3) is 0 Å². The first kappa shape index (κ1) is 14.4. The second-order valence-electron chi connectivity index (χ2n) is 4.81. The molecule has 0 saturated heterocycles. The van der Waals surface area contributed by atoms with Crippen molar-refractivity contribution < 1.29 is 4.92 Å². The number of hydrogen-bond acceptors (Lipinski definition) is 4. The van der Waals surface area contributed by atoms with Gasteiger partial charge in [0.05, 0.1) is 4.92 Å². The van der Waals surface area contributed by atoms with Crippen molar-refractivity contribution in [3.63, 3.8) is 0 Å². The number of nitrogens with zero attached hydrogens (tertiary/aromatic N) is 3. The molecule has 6 heteroatoms. The van der Waals surface area contributed by atoms with E-state index in [1.165, 1.54) is 0 Å². The molecule has 0 atom stereocenters. The number of benzene rings is 1. The minimum absolute atomic E-state index is 0.0102. The highest BCUT2D eigenvalue weighted by atomic mass is 35.5. The lowest BCUT2D eigenvalue weighted by atomic mass is 10.0. The standard InChI is InChI=1S/C14H14ClN3O2/c1-8(2)10-4-6-11(7-5-10)12-13(18(19)20)9(3)16-14(15)17-12/h4-8H,1-3H3. The maximum atomic E-state index is 11.2. The van der Waals surface area contributed by atoms with Gasteiger partial charge < -0.3 is 0 Å². The number of halogens is 1. The average Bonchev–Trinajstić information content (AvgIpc) is 2.37. The summed E-state index contributed by atoms with van der Waals surface area (Å²) < 4.78 is 0. The van der Waals surface area contributed by atoms with Crippen LogP contribution in [0.2, 0.25) is 5.28 Å². The second kappa shape index (κ2) is 5.54. The van der Waals surface area contributed by atoms with Crippen molar-refractivity contribution in [3.05, 3.63) is 50.9 Å². The van der Waals surface area contributed by atoms with E-state index in [0.29, 0.717) is 11.5 Å². The molecule has 0 N–H and O–H groups in total. The molecule has 1 aromatic carbocycles. The predicted octanol–water partition coefficient (Wildman–Crippen LogP) is 4.14. The van der Waals surface area contributed by atoms with E-state index in [4.69, 9.17) is 11.6 Å². The Balaban J connectivity index is 2.59. The summed E-state index contributed by atoms with van der Waals surface area (Å²) in [6.07, 6.45) is 0. The maximum absolute atomic E-state index is 11.2. The monoisotopic (exact) mass is 291 g/mol. The zero-order valence-corrected chi connectivity index (χ0v) is 12.2. The summed E-state index contributed by atoms with van der Waals surface area (Å²) in [5.74, 6) is 0.398. The third kappa shape index (κ3) is 2.77. The first-order valence-electron chi connectivity index (χ1n) is 6.19. The lowest BCUT2D eigenvalue weighted by Crippen LogP contribution is -2.01. The summed E-state index contributed by atoms with van der Waals surface area (Å²) >= 11 is 5.81. The summed E-state index contributed by atoms with van der Waals surface area (Å²) in [5.41, 5.74) is 2.23. The van der Waals surface area contributed by atoms with Gasteiger partial charge in [-0.1, -0.05) is 38.1 Å². The van der Waals surface area contributed by atoms with E-state index in [1.54, 1.807) is 6.92 Å². The molecule has 20 heavy (non-hydrogen) atoms. The smallest absolute Gasteiger partial charge is 0.258 e. The van der Waals surface area contributed by atoms with Crippen LogP contribution in [-0.4, -0.2) is 14.9 Å². The predicted molar refractivity (Wildman–Crippen MR) is 78.0 cm³/mol. The molecule has 5 nitrogen and oxygen atoms in total. The van der Waals surface area contributed by atoms with Crippen molar-refractivity contribution in [1.82, 2.24) is 9.97 Å². The number of rotatable bonds is 3. The molecule has 104 valence electrons. The van der Waals surface area contributed by atoms with Crippen LogP contribution in [0.15, 0.2) is 24.3 Å². The second-order valence-corrected chi connectivity index (χ2v) is 5.15. The Morgan fingerprint density at radius 1 is 1.20 bits per heavy atom. The van der Waals surface area contributed by atoms with Gasteiger partial charge in [0.2, 0.25) is 5.28 Å². The Morgan fingerprint density at radius 3 is 2.30 bits per heavy atom. The molecular formula is C14H14ClN3O2. The molecule has 0 radical (unpaired) electrons. The van der Waals surface area contributed by atoms with Crippen LogP contribution < -0.4 is 0 Å². The van der Waals surface area contributed by atoms with Gasteiger partial charge in [-0.2, -0.15) is 0 Å². The normalized spacial score (nSPS) is 10.8. The maximum Gasteiger partial charge on any atom is 0.316 e. The summed E-state index contributed by atoms with van der Waals surface area (Å²) in [4.78, 5) is 18.6. The van der Waals surface area contributed by atoms with Crippen LogP contribution in [0.25, 0.3) is 11.3 Å². The van der Waals surface area contributed by atoms with Crippen molar-refractivity contribution in [2.24, 2.45) is 0 Å². The zero-order chi connectivity index (χ0) is 14.9. The molecule has 0 aliphatic carbocycles. The SMILES string of the molecule is Cc1nc(Cl)nc(-c2ccc(C(C)C)cc2)c1[N+](=O)[O-]. The minimum atomic E-state index is -0.475. The molecule has 2 aromatic rings. The Kier molecular flexibility index (Phi) is 3.99. The Bertz CT molecular complexity index is 654. The van der Waals surface area contributed by atoms with E-state index in [1.807, 2.05) is 24.3 Å². The van der Waals surface area contributed by atoms with E-state index in [9.17, 15) is 10.1 Å². The molecule has 1 heterocycles. The Hall–Kier alpha value is -2.01. The van der Waals surface area contributed by atoms with Gasteiger partial charge in [-0.05, 0) is 30.0 Å². The highest BCUT2D eigenvalue weighted by Gasteiger charge is 2.22. The van der Waals surface area contributed by atoms with Crippen LogP contribution in [-0.2, 0) is 0 Å². The fourth-order valence-corrected chi connectivity index (χ4v) is 2.19. The van der Waals surface area contributed by atoms with Crippen LogP contribution >= 0.6 is 11.6 Å². The summed E-state index contributed by atoms with van der Waals surface area (Å²) in [5, 5.41) is 11.2. The number of aromatic nitrogens is 2.